The van der Waals surface area contributed by atoms with Gasteiger partial charge in [-0.3, -0.25) is 15.0 Å². The Morgan fingerprint density at radius 2 is 0.966 bits per heavy atom. The summed E-state index contributed by atoms with van der Waals surface area (Å²) in [6.07, 6.45) is 3.60. The maximum Gasteiger partial charge on any atom is 0.223 e. The zero-order valence-electron chi connectivity index (χ0n) is 38.0. The zero-order valence-corrected chi connectivity index (χ0v) is 40.4. The van der Waals surface area contributed by atoms with Gasteiger partial charge in [0.1, 0.15) is 28.3 Å². The van der Waals surface area contributed by atoms with Crippen molar-refractivity contribution in [1.29, 1.82) is 0 Å². The van der Waals surface area contributed by atoms with Crippen molar-refractivity contribution in [3.63, 3.8) is 0 Å². The van der Waals surface area contributed by atoms with Crippen LogP contribution in [0.25, 0.3) is 0 Å². The molecule has 0 N–H and O–H groups in total. The van der Waals surface area contributed by atoms with Crippen LogP contribution in [0.2, 0.25) is 0 Å². The Morgan fingerprint density at radius 3 is 1.17 bits per heavy atom. The van der Waals surface area contributed by atoms with Crippen LogP contribution in [0.5, 0.6) is 0 Å². The molecule has 330 valence electrons. The second-order valence-corrected chi connectivity index (χ2v) is 16.6. The van der Waals surface area contributed by atoms with Crippen LogP contribution in [0.4, 0.5) is 0 Å². The van der Waals surface area contributed by atoms with E-state index in [1.807, 2.05) is 102 Å². The first-order chi connectivity index (χ1) is 27.8. The van der Waals surface area contributed by atoms with E-state index in [1.54, 1.807) is 27.7 Å². The maximum absolute atomic E-state index is 5.06. The van der Waals surface area contributed by atoms with Crippen LogP contribution in [0.1, 0.15) is 92.1 Å². The fourth-order valence-electron chi connectivity index (χ4n) is 4.56. The van der Waals surface area contributed by atoms with Crippen molar-refractivity contribution in [2.24, 2.45) is 20.4 Å². The molecule has 4 aliphatic rings. The zero-order chi connectivity index (χ0) is 44.3. The van der Waals surface area contributed by atoms with Gasteiger partial charge >= 0.3 is 0 Å². The van der Waals surface area contributed by atoms with Gasteiger partial charge in [-0.05, 0) is 98.2 Å². The maximum atomic E-state index is 5.06. The van der Waals surface area contributed by atoms with Crippen LogP contribution < -0.4 is 0 Å². The first-order valence-corrected chi connectivity index (χ1v) is 21.7. The van der Waals surface area contributed by atoms with Crippen LogP contribution in [0.3, 0.4) is 0 Å². The van der Waals surface area contributed by atoms with Crippen molar-refractivity contribution in [2.45, 2.75) is 102 Å². The van der Waals surface area contributed by atoms with Crippen LogP contribution in [0.15, 0.2) is 29.5 Å². The predicted octanol–water partition coefficient (Wildman–Crippen LogP) is 6.75. The highest BCUT2D eigenvalue weighted by Crippen LogP contribution is 2.10. The summed E-state index contributed by atoms with van der Waals surface area (Å²) < 4.78 is 22.2. The third-order valence-electron chi connectivity index (χ3n) is 7.09. The van der Waals surface area contributed by atoms with Gasteiger partial charge in [0.2, 0.25) is 17.7 Å². The number of ether oxygens (including phenoxy) is 1. The normalized spacial score (nSPS) is 15.2. The predicted molar refractivity (Wildman–Crippen MR) is 242 cm³/mol. The highest BCUT2D eigenvalue weighted by molar-refractivity contribution is 8.13. The molecule has 0 fully saturated rings. The van der Waals surface area contributed by atoms with Crippen molar-refractivity contribution in [3.8, 4) is 0 Å². The fourth-order valence-corrected chi connectivity index (χ4v) is 6.37. The lowest BCUT2D eigenvalue weighted by atomic mass is 10.2. The van der Waals surface area contributed by atoms with E-state index in [0.717, 1.165) is 66.8 Å². The monoisotopic (exact) mass is 878 g/mol. The van der Waals surface area contributed by atoms with Gasteiger partial charge in [-0.2, -0.15) is 34.0 Å². The molecule has 0 saturated heterocycles. The van der Waals surface area contributed by atoms with Gasteiger partial charge in [0.15, 0.2) is 11.6 Å². The largest absolute Gasteiger partial charge is 0.478 e. The second-order valence-electron chi connectivity index (χ2n) is 13.4. The number of hydrogen-bond acceptors (Lipinski definition) is 22. The van der Waals surface area contributed by atoms with Crippen molar-refractivity contribution < 1.29 is 13.8 Å². The van der Waals surface area contributed by atoms with Crippen LogP contribution in [-0.2, 0) is 4.74 Å². The summed E-state index contributed by atoms with van der Waals surface area (Å²) in [5.74, 6) is 6.33. The standard InChI is InChI=1S/C6H12N2.C5H10N2O.C5H10N2S.C5H10N2.2C4H6N2O.2C4H6N2S/c1-6-4-3-5-8(2)7-6;2*1-5-6-7(2)3-4-8-5;1-5-3-4-7(2)6-5;4*1-3-5-4(2)7-6-3/h3-5H2,1-2H3;2*3-4H2,1-2H3;3-4H2,1-2H3;4*1-2H3. The van der Waals surface area contributed by atoms with E-state index in [2.05, 4.69) is 82.3 Å². The highest BCUT2D eigenvalue weighted by atomic mass is 32.2. The Labute approximate surface area is 363 Å². The van der Waals surface area contributed by atoms with Gasteiger partial charge in [-0.1, -0.05) is 10.3 Å². The van der Waals surface area contributed by atoms with Crippen molar-refractivity contribution in [2.75, 3.05) is 66.7 Å². The molecule has 8 heterocycles. The summed E-state index contributed by atoms with van der Waals surface area (Å²) in [6, 6.07) is 0. The molecule has 8 rings (SSSR count). The molecule has 4 aromatic rings. The van der Waals surface area contributed by atoms with E-state index in [1.165, 1.54) is 58.1 Å². The molecule has 59 heavy (non-hydrogen) atoms. The third kappa shape index (κ3) is 28.5. The molecule has 0 radical (unpaired) electrons. The second kappa shape index (κ2) is 29.6. The lowest BCUT2D eigenvalue weighted by molar-refractivity contribution is 0.189. The average Bonchev–Trinajstić information content (AvgIpc) is 4.00. The molecule has 0 bridgehead atoms. The summed E-state index contributed by atoms with van der Waals surface area (Å²) in [5, 5.41) is 34.7. The molecule has 4 aliphatic heterocycles. The Morgan fingerprint density at radius 1 is 0.492 bits per heavy atom. The number of hydrazone groups is 4. The number of rotatable bonds is 0. The Balaban J connectivity index is 0.000000337. The summed E-state index contributed by atoms with van der Waals surface area (Å²) in [7, 11) is 7.95. The first-order valence-electron chi connectivity index (χ1n) is 19.2. The van der Waals surface area contributed by atoms with Crippen molar-refractivity contribution in [3.05, 3.63) is 45.1 Å². The van der Waals surface area contributed by atoms with E-state index >= 15 is 0 Å². The van der Waals surface area contributed by atoms with Crippen molar-refractivity contribution in [1.82, 2.24) is 59.0 Å². The molecule has 0 saturated carbocycles. The average molecular weight is 879 g/mol. The molecule has 0 aromatic carbocycles. The van der Waals surface area contributed by atoms with Crippen molar-refractivity contribution >= 4 is 57.2 Å². The van der Waals surface area contributed by atoms with Gasteiger partial charge in [-0.25, -0.2) is 9.97 Å². The molecule has 0 aliphatic carbocycles. The summed E-state index contributed by atoms with van der Waals surface area (Å²) in [4.78, 5) is 15.7. The number of aryl methyl sites for hydroxylation is 8. The molecule has 22 heteroatoms. The number of thioether (sulfide) groups is 1. The van der Waals surface area contributed by atoms with Gasteiger partial charge in [0.25, 0.3) is 0 Å². The fraction of sp³-hybridized carbons (Fsp3) is 0.676. The number of aromatic nitrogens is 8. The summed E-state index contributed by atoms with van der Waals surface area (Å²) >= 11 is 4.72. The van der Waals surface area contributed by atoms with Crippen LogP contribution in [0, 0.1) is 55.4 Å². The minimum absolute atomic E-state index is 0.623. The van der Waals surface area contributed by atoms with Crippen LogP contribution in [-0.4, -0.2) is 148 Å². The molecular formula is C37H66N16O3S3. The van der Waals surface area contributed by atoms with E-state index in [9.17, 15) is 0 Å². The Bertz CT molecular complexity index is 1570. The topological polar surface area (TPSA) is 201 Å². The lowest BCUT2D eigenvalue weighted by Crippen LogP contribution is -2.25. The molecule has 0 amide bonds. The van der Waals surface area contributed by atoms with E-state index < -0.39 is 0 Å². The first kappa shape index (κ1) is 52.4. The lowest BCUT2D eigenvalue weighted by Gasteiger charge is -2.19. The molecule has 0 unspecified atom stereocenters. The summed E-state index contributed by atoms with van der Waals surface area (Å²) in [5.41, 5.74) is 2.52. The number of nitrogens with zero attached hydrogens (tertiary/aromatic N) is 16. The molecule has 19 nitrogen and oxygen atoms in total. The quantitative estimate of drug-likeness (QED) is 0.179. The smallest absolute Gasteiger partial charge is 0.223 e. The van der Waals surface area contributed by atoms with E-state index in [4.69, 9.17) is 4.74 Å². The summed E-state index contributed by atoms with van der Waals surface area (Å²) in [6.45, 7) is 27.8. The highest BCUT2D eigenvalue weighted by Gasteiger charge is 2.05. The molecule has 0 atom stereocenters. The Kier molecular flexibility index (Phi) is 26.3. The number of hydrogen-bond donors (Lipinski definition) is 0. The van der Waals surface area contributed by atoms with Crippen LogP contribution >= 0.6 is 34.8 Å². The molecule has 0 spiro atoms. The van der Waals surface area contributed by atoms with E-state index in [-0.39, 0.29) is 0 Å². The van der Waals surface area contributed by atoms with Gasteiger partial charge in [0, 0.05) is 92.2 Å². The van der Waals surface area contributed by atoms with Gasteiger partial charge in [0.05, 0.1) is 11.6 Å². The Hall–Kier alpha value is -4.57. The minimum Gasteiger partial charge on any atom is -0.478 e. The van der Waals surface area contributed by atoms with Gasteiger partial charge in [-0.15, -0.1) is 16.9 Å². The van der Waals surface area contributed by atoms with Gasteiger partial charge < -0.3 is 18.8 Å². The molecular weight excluding hydrogens is 813 g/mol. The minimum atomic E-state index is 0.623. The number of likely N-dealkylation sites (N-methyl/N-ethyl adjacent to an activating group) is 1. The molecule has 4 aromatic heterocycles. The van der Waals surface area contributed by atoms with E-state index in [0.29, 0.717) is 23.4 Å². The third-order valence-corrected chi connectivity index (χ3v) is 9.40. The SMILES string of the molecule is CC1=NN(C)CC1.CC1=NN(C)CCC1.CC1=NN(C)CCO1.CC1=NN(C)CCS1.Cc1noc(C)n1.Cc1noc(C)n1.Cc1nsc(C)n1.Cc1nsc(C)n1.